The Kier molecular flexibility index (Phi) is 4.84. The Balaban J connectivity index is 1.94. The molecule has 0 bridgehead atoms. The zero-order chi connectivity index (χ0) is 19.8. The van der Waals surface area contributed by atoms with E-state index in [4.69, 9.17) is 0 Å². The number of rotatable bonds is 4. The third-order valence-electron chi connectivity index (χ3n) is 3.84. The zero-order valence-electron chi connectivity index (χ0n) is 13.5. The summed E-state index contributed by atoms with van der Waals surface area (Å²) in [4.78, 5) is 18.4. The SMILES string of the molecule is O=C(CNc1nc(C(F)(F)F)nc2ccc(C(F)(F)F)cc12)NC1CNC1. The molecule has 1 fully saturated rings. The summed E-state index contributed by atoms with van der Waals surface area (Å²) >= 11 is 0. The van der Waals surface area contributed by atoms with Crippen LogP contribution in [0.4, 0.5) is 32.2 Å². The third-order valence-corrected chi connectivity index (χ3v) is 3.84. The second-order valence-electron chi connectivity index (χ2n) is 5.90. The molecule has 0 unspecified atom stereocenters. The van der Waals surface area contributed by atoms with Gasteiger partial charge < -0.3 is 16.0 Å². The number of carbonyl (C=O) groups is 1. The van der Waals surface area contributed by atoms with Crippen molar-refractivity contribution in [1.82, 2.24) is 20.6 Å². The monoisotopic (exact) mass is 393 g/mol. The van der Waals surface area contributed by atoms with E-state index in [2.05, 4.69) is 25.9 Å². The van der Waals surface area contributed by atoms with Crippen molar-refractivity contribution in [3.8, 4) is 0 Å². The normalized spacial score (nSPS) is 15.5. The number of alkyl halides is 6. The van der Waals surface area contributed by atoms with Crippen molar-refractivity contribution in [2.75, 3.05) is 25.0 Å². The number of carbonyl (C=O) groups excluding carboxylic acids is 1. The molecule has 146 valence electrons. The highest BCUT2D eigenvalue weighted by Crippen LogP contribution is 2.34. The number of hydrogen-bond acceptors (Lipinski definition) is 5. The lowest BCUT2D eigenvalue weighted by Crippen LogP contribution is -2.57. The number of nitrogens with one attached hydrogen (secondary N) is 3. The van der Waals surface area contributed by atoms with Crippen LogP contribution in [0.25, 0.3) is 10.9 Å². The first-order chi connectivity index (χ1) is 12.5. The Labute approximate surface area is 148 Å². The van der Waals surface area contributed by atoms with Gasteiger partial charge in [-0.3, -0.25) is 4.79 Å². The summed E-state index contributed by atoms with van der Waals surface area (Å²) in [5, 5.41) is 7.64. The van der Waals surface area contributed by atoms with Crippen molar-refractivity contribution in [2.24, 2.45) is 0 Å². The van der Waals surface area contributed by atoms with Crippen molar-refractivity contribution in [2.45, 2.75) is 18.4 Å². The zero-order valence-corrected chi connectivity index (χ0v) is 13.5. The molecule has 0 atom stereocenters. The van der Waals surface area contributed by atoms with Crippen molar-refractivity contribution < 1.29 is 31.1 Å². The molecule has 3 N–H and O–H groups in total. The van der Waals surface area contributed by atoms with Crippen LogP contribution in [0, 0.1) is 0 Å². The highest BCUT2D eigenvalue weighted by atomic mass is 19.4. The molecule has 1 amide bonds. The molecule has 0 saturated carbocycles. The number of aromatic nitrogens is 2. The van der Waals surface area contributed by atoms with Crippen LogP contribution in [0.1, 0.15) is 11.4 Å². The fourth-order valence-electron chi connectivity index (χ4n) is 2.40. The lowest BCUT2D eigenvalue weighted by Gasteiger charge is -2.28. The first-order valence-corrected chi connectivity index (χ1v) is 7.74. The van der Waals surface area contributed by atoms with Gasteiger partial charge in [0.1, 0.15) is 5.82 Å². The number of benzene rings is 1. The van der Waals surface area contributed by atoms with E-state index in [-0.39, 0.29) is 16.9 Å². The quantitative estimate of drug-likeness (QED) is 0.694. The molecule has 1 aromatic heterocycles. The predicted octanol–water partition coefficient (Wildman–Crippen LogP) is 2.17. The fraction of sp³-hybridized carbons (Fsp3) is 0.400. The largest absolute Gasteiger partial charge is 0.451 e. The Morgan fingerprint density at radius 2 is 1.81 bits per heavy atom. The maximum atomic E-state index is 13.0. The van der Waals surface area contributed by atoms with E-state index in [0.717, 1.165) is 6.07 Å². The van der Waals surface area contributed by atoms with Crippen molar-refractivity contribution in [1.29, 1.82) is 0 Å². The van der Waals surface area contributed by atoms with E-state index in [1.54, 1.807) is 0 Å². The van der Waals surface area contributed by atoms with Gasteiger partial charge in [-0.1, -0.05) is 0 Å². The molecule has 12 heteroatoms. The Bertz CT molecular complexity index is 862. The summed E-state index contributed by atoms with van der Waals surface area (Å²) in [5.41, 5.74) is -1.39. The molecule has 1 aliphatic rings. The Morgan fingerprint density at radius 3 is 2.37 bits per heavy atom. The highest BCUT2D eigenvalue weighted by Gasteiger charge is 2.36. The molecule has 1 aromatic carbocycles. The summed E-state index contributed by atoms with van der Waals surface area (Å²) in [7, 11) is 0. The van der Waals surface area contributed by atoms with Crippen LogP contribution in [0.2, 0.25) is 0 Å². The van der Waals surface area contributed by atoms with Gasteiger partial charge in [-0.15, -0.1) is 0 Å². The van der Waals surface area contributed by atoms with E-state index in [1.165, 1.54) is 0 Å². The minimum absolute atomic E-state index is 0.0935. The highest BCUT2D eigenvalue weighted by molar-refractivity contribution is 5.91. The second kappa shape index (κ2) is 6.83. The molecular formula is C15H13F6N5O. The van der Waals surface area contributed by atoms with E-state index in [0.29, 0.717) is 25.2 Å². The van der Waals surface area contributed by atoms with Gasteiger partial charge >= 0.3 is 12.4 Å². The number of fused-ring (bicyclic) bond motifs is 1. The standard InChI is InChI=1S/C15H13F6N5O/c16-14(17,18)7-1-2-10-9(3-7)12(26-13(25-10)15(19,20)21)23-6-11(27)24-8-4-22-5-8/h1-3,8,22H,4-6H2,(H,24,27)(H,23,25,26). The lowest BCUT2D eigenvalue weighted by molar-refractivity contribution is -0.144. The third kappa shape index (κ3) is 4.38. The van der Waals surface area contributed by atoms with Crippen LogP contribution in [-0.4, -0.2) is 41.6 Å². The maximum Gasteiger partial charge on any atom is 0.451 e. The average Bonchev–Trinajstić information content (AvgIpc) is 2.53. The molecular weight excluding hydrogens is 380 g/mol. The van der Waals surface area contributed by atoms with Gasteiger partial charge in [-0.05, 0) is 18.2 Å². The summed E-state index contributed by atoms with van der Waals surface area (Å²) in [5.74, 6) is -2.53. The summed E-state index contributed by atoms with van der Waals surface area (Å²) in [6.45, 7) is 0.681. The first kappa shape index (κ1) is 19.1. The molecule has 2 aromatic rings. The fourth-order valence-corrected chi connectivity index (χ4v) is 2.40. The van der Waals surface area contributed by atoms with Crippen LogP contribution in [0.5, 0.6) is 0 Å². The number of hydrogen-bond donors (Lipinski definition) is 3. The summed E-state index contributed by atoms with van der Waals surface area (Å²) in [6.07, 6.45) is -9.59. The van der Waals surface area contributed by atoms with E-state index in [1.807, 2.05) is 0 Å². The number of anilines is 1. The smallest absolute Gasteiger partial charge is 0.360 e. The average molecular weight is 393 g/mol. The minimum Gasteiger partial charge on any atom is -0.360 e. The molecule has 2 heterocycles. The molecule has 1 aliphatic heterocycles. The van der Waals surface area contributed by atoms with Gasteiger partial charge in [0.25, 0.3) is 0 Å². The Morgan fingerprint density at radius 1 is 1.11 bits per heavy atom. The number of amides is 1. The van der Waals surface area contributed by atoms with Crippen molar-refractivity contribution >= 4 is 22.6 Å². The molecule has 27 heavy (non-hydrogen) atoms. The molecule has 0 spiro atoms. The molecule has 0 aliphatic carbocycles. The number of nitrogens with zero attached hydrogens (tertiary/aromatic N) is 2. The van der Waals surface area contributed by atoms with Gasteiger partial charge in [0.15, 0.2) is 0 Å². The lowest BCUT2D eigenvalue weighted by atomic mass is 10.1. The van der Waals surface area contributed by atoms with Gasteiger partial charge in [0.05, 0.1) is 23.7 Å². The van der Waals surface area contributed by atoms with Gasteiger partial charge in [0, 0.05) is 18.5 Å². The Hall–Kier alpha value is -2.63. The van der Waals surface area contributed by atoms with Crippen molar-refractivity contribution in [3.63, 3.8) is 0 Å². The maximum absolute atomic E-state index is 13.0. The number of halogens is 6. The van der Waals surface area contributed by atoms with Crippen LogP contribution in [0.15, 0.2) is 18.2 Å². The second-order valence-corrected chi connectivity index (χ2v) is 5.90. The van der Waals surface area contributed by atoms with Gasteiger partial charge in [-0.2, -0.15) is 26.3 Å². The van der Waals surface area contributed by atoms with Crippen molar-refractivity contribution in [3.05, 3.63) is 29.6 Å². The predicted molar refractivity (Wildman–Crippen MR) is 82.8 cm³/mol. The van der Waals surface area contributed by atoms with Gasteiger partial charge in [-0.25, -0.2) is 9.97 Å². The van der Waals surface area contributed by atoms with Crippen LogP contribution in [0.3, 0.4) is 0 Å². The molecule has 6 nitrogen and oxygen atoms in total. The topological polar surface area (TPSA) is 78.9 Å². The van der Waals surface area contributed by atoms with Crippen LogP contribution >= 0.6 is 0 Å². The molecule has 1 saturated heterocycles. The summed E-state index contributed by atoms with van der Waals surface area (Å²) < 4.78 is 77.6. The summed E-state index contributed by atoms with van der Waals surface area (Å²) in [6, 6.07) is 2.02. The minimum atomic E-state index is -4.90. The van der Waals surface area contributed by atoms with E-state index >= 15 is 0 Å². The molecule has 3 rings (SSSR count). The van der Waals surface area contributed by atoms with E-state index < -0.39 is 42.0 Å². The van der Waals surface area contributed by atoms with Gasteiger partial charge in [0.2, 0.25) is 11.7 Å². The van der Waals surface area contributed by atoms with Crippen LogP contribution in [-0.2, 0) is 17.1 Å². The van der Waals surface area contributed by atoms with E-state index in [9.17, 15) is 31.1 Å². The van der Waals surface area contributed by atoms with Crippen LogP contribution < -0.4 is 16.0 Å². The first-order valence-electron chi connectivity index (χ1n) is 7.74. The molecule has 0 radical (unpaired) electrons.